The maximum absolute atomic E-state index is 12.9. The highest BCUT2D eigenvalue weighted by molar-refractivity contribution is 9.10. The van der Waals surface area contributed by atoms with Crippen LogP contribution in [-0.4, -0.2) is 12.1 Å². The molecule has 0 aliphatic carbocycles. The van der Waals surface area contributed by atoms with Gasteiger partial charge in [-0.15, -0.1) is 0 Å². The highest BCUT2D eigenvalue weighted by atomic mass is 79.9. The van der Waals surface area contributed by atoms with Crippen LogP contribution in [0.5, 0.6) is 5.75 Å². The van der Waals surface area contributed by atoms with Crippen LogP contribution in [0.25, 0.3) is 0 Å². The first-order chi connectivity index (χ1) is 8.69. The molecule has 0 aromatic heterocycles. The first kappa shape index (κ1) is 16.4. The van der Waals surface area contributed by atoms with Crippen molar-refractivity contribution < 1.29 is 13.5 Å². The third-order valence-electron chi connectivity index (χ3n) is 2.60. The van der Waals surface area contributed by atoms with Crippen molar-refractivity contribution >= 4 is 15.9 Å². The molecule has 0 bridgehead atoms. The van der Waals surface area contributed by atoms with Gasteiger partial charge >= 0.3 is 0 Å². The second-order valence-electron chi connectivity index (χ2n) is 5.59. The van der Waals surface area contributed by atoms with Crippen LogP contribution < -0.4 is 10.5 Å². The molecule has 0 amide bonds. The van der Waals surface area contributed by atoms with Gasteiger partial charge in [-0.2, -0.15) is 0 Å². The molecule has 0 fully saturated rings. The van der Waals surface area contributed by atoms with Crippen molar-refractivity contribution in [3.8, 4) is 5.75 Å². The predicted molar refractivity (Wildman–Crippen MR) is 76.6 cm³/mol. The zero-order valence-electron chi connectivity index (χ0n) is 11.4. The van der Waals surface area contributed by atoms with Crippen molar-refractivity contribution in [2.45, 2.75) is 39.2 Å². The van der Waals surface area contributed by atoms with E-state index in [0.29, 0.717) is 11.1 Å². The van der Waals surface area contributed by atoms with Crippen molar-refractivity contribution in [3.05, 3.63) is 28.2 Å². The Morgan fingerprint density at radius 2 is 2.00 bits per heavy atom. The van der Waals surface area contributed by atoms with Crippen molar-refractivity contribution in [1.29, 1.82) is 0 Å². The first-order valence-corrected chi connectivity index (χ1v) is 6.97. The molecule has 1 aromatic rings. The summed E-state index contributed by atoms with van der Waals surface area (Å²) >= 11 is 3.18. The van der Waals surface area contributed by atoms with Gasteiger partial charge in [0.25, 0.3) is 6.43 Å². The third kappa shape index (κ3) is 5.87. The summed E-state index contributed by atoms with van der Waals surface area (Å²) in [7, 11) is 0. The lowest BCUT2D eigenvalue weighted by Gasteiger charge is -2.23. The van der Waals surface area contributed by atoms with Crippen LogP contribution >= 0.6 is 15.9 Å². The molecule has 1 rings (SSSR count). The molecular weight excluding hydrogens is 316 g/mol. The van der Waals surface area contributed by atoms with E-state index in [-0.39, 0.29) is 22.8 Å². The van der Waals surface area contributed by atoms with Crippen molar-refractivity contribution in [3.63, 3.8) is 0 Å². The van der Waals surface area contributed by atoms with Gasteiger partial charge in [0.2, 0.25) is 0 Å². The molecule has 5 heteroatoms. The molecule has 19 heavy (non-hydrogen) atoms. The lowest BCUT2D eigenvalue weighted by atomic mass is 9.93. The molecule has 0 spiro atoms. The van der Waals surface area contributed by atoms with E-state index in [1.165, 1.54) is 6.07 Å². The summed E-state index contributed by atoms with van der Waals surface area (Å²) in [5, 5.41) is 0. The molecule has 1 unspecified atom stereocenters. The molecule has 0 radical (unpaired) electrons. The van der Waals surface area contributed by atoms with Crippen LogP contribution in [-0.2, 0) is 0 Å². The van der Waals surface area contributed by atoms with Gasteiger partial charge < -0.3 is 10.5 Å². The molecule has 2 N–H and O–H groups in total. The number of hydrogen-bond donors (Lipinski definition) is 1. The zero-order valence-corrected chi connectivity index (χ0v) is 13.0. The number of halogens is 3. The molecule has 2 nitrogen and oxygen atoms in total. The number of alkyl halides is 2. The van der Waals surface area contributed by atoms with Gasteiger partial charge in [-0.1, -0.05) is 22.9 Å². The largest absolute Gasteiger partial charge is 0.493 e. The molecule has 1 atom stereocenters. The molecule has 0 saturated heterocycles. The Bertz CT molecular complexity index is 418. The summed E-state index contributed by atoms with van der Waals surface area (Å²) in [6, 6.07) is 4.64. The van der Waals surface area contributed by atoms with E-state index in [4.69, 9.17) is 10.5 Å². The summed E-state index contributed by atoms with van der Waals surface area (Å²) in [6.07, 6.45) is -1.78. The van der Waals surface area contributed by atoms with Crippen LogP contribution in [0.1, 0.15) is 39.2 Å². The number of rotatable bonds is 6. The van der Waals surface area contributed by atoms with Gasteiger partial charge in [-0.25, -0.2) is 8.78 Å². The fourth-order valence-electron chi connectivity index (χ4n) is 2.01. The summed E-state index contributed by atoms with van der Waals surface area (Å²) in [5.41, 5.74) is 5.55. The lowest BCUT2D eigenvalue weighted by Crippen LogP contribution is -2.35. The van der Waals surface area contributed by atoms with Crippen molar-refractivity contribution in [2.24, 2.45) is 11.7 Å². The standard InChI is InChI=1S/C14H20BrF2NO/c1-9(7-14(2,3)18)8-19-12-5-4-10(15)6-11(12)13(16)17/h4-6,9,13H,7-8,18H2,1-3H3. The third-order valence-corrected chi connectivity index (χ3v) is 3.10. The Balaban J connectivity index is 2.67. The average molecular weight is 336 g/mol. The zero-order chi connectivity index (χ0) is 14.6. The Morgan fingerprint density at radius 3 is 2.53 bits per heavy atom. The molecule has 0 aliphatic heterocycles. The number of ether oxygens (including phenoxy) is 1. The fraction of sp³-hybridized carbons (Fsp3) is 0.571. The van der Waals surface area contributed by atoms with E-state index >= 15 is 0 Å². The van der Waals surface area contributed by atoms with Gasteiger partial charge in [0.05, 0.1) is 12.2 Å². The van der Waals surface area contributed by atoms with E-state index in [2.05, 4.69) is 15.9 Å². The Labute approximate surface area is 121 Å². The SMILES string of the molecule is CC(COc1ccc(Br)cc1C(F)F)CC(C)(C)N. The van der Waals surface area contributed by atoms with E-state index in [1.807, 2.05) is 20.8 Å². The minimum absolute atomic E-state index is 0.0893. The van der Waals surface area contributed by atoms with Gasteiger partial charge in [-0.3, -0.25) is 0 Å². The van der Waals surface area contributed by atoms with Crippen LogP contribution in [0, 0.1) is 5.92 Å². The van der Waals surface area contributed by atoms with Crippen molar-refractivity contribution in [2.75, 3.05) is 6.61 Å². The Hall–Kier alpha value is -0.680. The van der Waals surface area contributed by atoms with E-state index in [0.717, 1.165) is 6.42 Å². The van der Waals surface area contributed by atoms with Crippen LogP contribution in [0.2, 0.25) is 0 Å². The predicted octanol–water partition coefficient (Wildman–Crippen LogP) is 4.53. The second-order valence-corrected chi connectivity index (χ2v) is 6.51. The normalized spacial score (nSPS) is 13.7. The van der Waals surface area contributed by atoms with Crippen LogP contribution in [0.15, 0.2) is 22.7 Å². The maximum Gasteiger partial charge on any atom is 0.267 e. The quantitative estimate of drug-likeness (QED) is 0.828. The topological polar surface area (TPSA) is 35.2 Å². The average Bonchev–Trinajstić information content (AvgIpc) is 2.24. The first-order valence-electron chi connectivity index (χ1n) is 6.18. The molecule has 0 aliphatic rings. The minimum atomic E-state index is -2.55. The van der Waals surface area contributed by atoms with Gasteiger partial charge in [0.1, 0.15) is 5.75 Å². The second kappa shape index (κ2) is 6.66. The van der Waals surface area contributed by atoms with E-state index < -0.39 is 6.43 Å². The number of benzene rings is 1. The van der Waals surface area contributed by atoms with Crippen LogP contribution in [0.3, 0.4) is 0 Å². The Kier molecular flexibility index (Phi) is 5.74. The minimum Gasteiger partial charge on any atom is -0.493 e. The summed E-state index contributed by atoms with van der Waals surface area (Å²) in [6.45, 7) is 6.25. The smallest absolute Gasteiger partial charge is 0.267 e. The van der Waals surface area contributed by atoms with E-state index in [9.17, 15) is 8.78 Å². The van der Waals surface area contributed by atoms with E-state index in [1.54, 1.807) is 12.1 Å². The van der Waals surface area contributed by atoms with Crippen molar-refractivity contribution in [1.82, 2.24) is 0 Å². The highest BCUT2D eigenvalue weighted by Gasteiger charge is 2.18. The van der Waals surface area contributed by atoms with Gasteiger partial charge in [0.15, 0.2) is 0 Å². The summed E-state index contributed by atoms with van der Waals surface area (Å²) in [4.78, 5) is 0. The van der Waals surface area contributed by atoms with Gasteiger partial charge in [-0.05, 0) is 44.4 Å². The summed E-state index contributed by atoms with van der Waals surface area (Å²) in [5.74, 6) is 0.439. The lowest BCUT2D eigenvalue weighted by molar-refractivity contribution is 0.142. The molecule has 0 saturated carbocycles. The molecule has 0 heterocycles. The summed E-state index contributed by atoms with van der Waals surface area (Å²) < 4.78 is 31.9. The van der Waals surface area contributed by atoms with Crippen LogP contribution in [0.4, 0.5) is 8.78 Å². The molecule has 108 valence electrons. The van der Waals surface area contributed by atoms with Gasteiger partial charge in [0, 0.05) is 10.0 Å². The number of nitrogens with two attached hydrogens (primary N) is 1. The fourth-order valence-corrected chi connectivity index (χ4v) is 2.39. The highest BCUT2D eigenvalue weighted by Crippen LogP contribution is 2.32. The maximum atomic E-state index is 12.9. The Morgan fingerprint density at radius 1 is 1.37 bits per heavy atom. The molecular formula is C14H20BrF2NO. The molecule has 1 aromatic carbocycles. The number of hydrogen-bond acceptors (Lipinski definition) is 2. The monoisotopic (exact) mass is 335 g/mol.